The number of alkyl carbamates (subject to hydrolysis) is 1. The molecule has 264 valence electrons. The monoisotopic (exact) mass is 693 g/mol. The summed E-state index contributed by atoms with van der Waals surface area (Å²) in [6.07, 6.45) is 1.23. The maximum Gasteiger partial charge on any atom is 0.426 e. The van der Waals surface area contributed by atoms with Gasteiger partial charge in [-0.05, 0) is 77.9 Å². The SMILES string of the molecule is CC(C)(C)OC(=O)NCC(CC(=O)c1ccc(C#Cc2ccc(-c3cc(C(=O)NNC(=O)OC(C)(C)C)c4cnccc4n3)cc2)cc1)C(=O)O. The van der Waals surface area contributed by atoms with Gasteiger partial charge in [-0.2, -0.15) is 0 Å². The number of aliphatic carboxylic acids is 1. The smallest absolute Gasteiger partial charge is 0.426 e. The molecule has 4 rings (SSSR count). The molecule has 0 spiro atoms. The Morgan fingerprint density at radius 1 is 0.804 bits per heavy atom. The van der Waals surface area contributed by atoms with Crippen LogP contribution >= 0.6 is 0 Å². The molecule has 13 nitrogen and oxygen atoms in total. The first-order valence-electron chi connectivity index (χ1n) is 16.0. The number of amides is 3. The minimum atomic E-state index is -1.21. The van der Waals surface area contributed by atoms with Gasteiger partial charge in [-0.1, -0.05) is 36.1 Å². The molecule has 0 fully saturated rings. The minimum Gasteiger partial charge on any atom is -0.481 e. The van der Waals surface area contributed by atoms with Gasteiger partial charge in [0.1, 0.15) is 11.2 Å². The number of carbonyl (C=O) groups excluding carboxylic acids is 4. The second kappa shape index (κ2) is 15.9. The summed E-state index contributed by atoms with van der Waals surface area (Å²) in [4.78, 5) is 70.4. The number of rotatable bonds is 8. The van der Waals surface area contributed by atoms with E-state index in [2.05, 4.69) is 38.0 Å². The summed E-state index contributed by atoms with van der Waals surface area (Å²) >= 11 is 0. The van der Waals surface area contributed by atoms with Gasteiger partial charge in [-0.15, -0.1) is 0 Å². The van der Waals surface area contributed by atoms with Crippen LogP contribution in [-0.4, -0.2) is 62.7 Å². The fourth-order valence-electron chi connectivity index (χ4n) is 4.60. The number of carbonyl (C=O) groups is 5. The average molecular weight is 694 g/mol. The lowest BCUT2D eigenvalue weighted by Gasteiger charge is -2.20. The molecule has 0 saturated heterocycles. The van der Waals surface area contributed by atoms with Gasteiger partial charge in [-0.25, -0.2) is 20.0 Å². The maximum absolute atomic E-state index is 13.1. The number of benzene rings is 2. The third kappa shape index (κ3) is 11.4. The van der Waals surface area contributed by atoms with E-state index in [0.29, 0.717) is 33.3 Å². The standard InChI is InChI=1S/C38H39N5O8/c1-37(2,3)50-35(48)40-21-27(34(46)47)19-32(44)26-15-11-24(12-16-26)8-7-23-9-13-25(14-10-23)31-20-28(29-22-39-18-17-30(29)41-31)33(45)42-43-36(49)51-38(4,5)6/h9-18,20,22,27H,19,21H2,1-6H3,(H,40,48)(H,42,45)(H,43,49)(H,46,47). The Kier molecular flexibility index (Phi) is 11.7. The molecule has 1 atom stereocenters. The number of aromatic nitrogens is 2. The van der Waals surface area contributed by atoms with E-state index in [-0.39, 0.29) is 24.3 Å². The molecule has 0 saturated carbocycles. The highest BCUT2D eigenvalue weighted by Crippen LogP contribution is 2.25. The summed E-state index contributed by atoms with van der Waals surface area (Å²) in [6, 6.07) is 17.0. The minimum absolute atomic E-state index is 0.251. The largest absolute Gasteiger partial charge is 0.481 e. The molecule has 2 heterocycles. The van der Waals surface area contributed by atoms with E-state index in [1.165, 1.54) is 6.20 Å². The van der Waals surface area contributed by atoms with Crippen LogP contribution in [0, 0.1) is 17.8 Å². The Morgan fingerprint density at radius 2 is 1.39 bits per heavy atom. The third-order valence-corrected chi connectivity index (χ3v) is 6.94. The van der Waals surface area contributed by atoms with Crippen LogP contribution in [0.15, 0.2) is 73.1 Å². The molecule has 13 heteroatoms. The van der Waals surface area contributed by atoms with Gasteiger partial charge in [0.2, 0.25) is 0 Å². The Hall–Kier alpha value is -6.29. The van der Waals surface area contributed by atoms with Crippen molar-refractivity contribution in [2.75, 3.05) is 6.54 Å². The third-order valence-electron chi connectivity index (χ3n) is 6.94. The number of hydrogen-bond acceptors (Lipinski definition) is 9. The van der Waals surface area contributed by atoms with Gasteiger partial charge in [-0.3, -0.25) is 24.8 Å². The van der Waals surface area contributed by atoms with Gasteiger partial charge < -0.3 is 19.9 Å². The molecule has 4 N–H and O–H groups in total. The first-order valence-corrected chi connectivity index (χ1v) is 16.0. The van der Waals surface area contributed by atoms with E-state index in [9.17, 15) is 29.1 Å². The van der Waals surface area contributed by atoms with Crippen molar-refractivity contribution in [1.82, 2.24) is 26.1 Å². The van der Waals surface area contributed by atoms with Gasteiger partial charge >= 0.3 is 18.2 Å². The van der Waals surface area contributed by atoms with Crippen molar-refractivity contribution in [2.45, 2.75) is 59.2 Å². The number of ketones is 1. The van der Waals surface area contributed by atoms with Crippen LogP contribution in [0.5, 0.6) is 0 Å². The van der Waals surface area contributed by atoms with Crippen molar-refractivity contribution >= 4 is 40.7 Å². The van der Waals surface area contributed by atoms with Crippen molar-refractivity contribution in [3.8, 4) is 23.1 Å². The molecule has 1 unspecified atom stereocenters. The van der Waals surface area contributed by atoms with Gasteiger partial charge in [0.15, 0.2) is 5.78 Å². The molecule has 0 aliphatic carbocycles. The predicted octanol–water partition coefficient (Wildman–Crippen LogP) is 5.66. The van der Waals surface area contributed by atoms with Crippen LogP contribution in [0.4, 0.5) is 9.59 Å². The zero-order chi connectivity index (χ0) is 37.3. The fraction of sp³-hybridized carbons (Fsp3) is 0.289. The van der Waals surface area contributed by atoms with E-state index >= 15 is 0 Å². The molecule has 4 aromatic rings. The van der Waals surface area contributed by atoms with E-state index in [4.69, 9.17) is 9.47 Å². The van der Waals surface area contributed by atoms with Crippen LogP contribution in [-0.2, 0) is 14.3 Å². The van der Waals surface area contributed by atoms with Crippen LogP contribution in [0.1, 0.15) is 79.8 Å². The molecule has 2 aromatic heterocycles. The van der Waals surface area contributed by atoms with E-state index in [0.717, 1.165) is 5.56 Å². The van der Waals surface area contributed by atoms with Crippen molar-refractivity contribution in [3.05, 3.63) is 95.3 Å². The fourth-order valence-corrected chi connectivity index (χ4v) is 4.60. The molecule has 0 radical (unpaired) electrons. The summed E-state index contributed by atoms with van der Waals surface area (Å²) in [6.45, 7) is 9.94. The van der Waals surface area contributed by atoms with Crippen molar-refractivity contribution in [3.63, 3.8) is 0 Å². The summed E-state index contributed by atoms with van der Waals surface area (Å²) < 4.78 is 10.3. The molecule has 0 bridgehead atoms. The number of pyridine rings is 2. The second-order valence-corrected chi connectivity index (χ2v) is 13.5. The normalized spacial score (nSPS) is 11.7. The number of nitrogens with one attached hydrogen (secondary N) is 3. The van der Waals surface area contributed by atoms with Crippen molar-refractivity contribution in [2.24, 2.45) is 5.92 Å². The lowest BCUT2D eigenvalue weighted by atomic mass is 9.97. The van der Waals surface area contributed by atoms with Crippen LogP contribution < -0.4 is 16.2 Å². The van der Waals surface area contributed by atoms with E-state index < -0.39 is 41.2 Å². The van der Waals surface area contributed by atoms with Crippen LogP contribution in [0.3, 0.4) is 0 Å². The average Bonchev–Trinajstić information content (AvgIpc) is 3.06. The molecule has 3 amide bonds. The molecular formula is C38H39N5O8. The molecule has 51 heavy (non-hydrogen) atoms. The molecule has 0 aliphatic rings. The van der Waals surface area contributed by atoms with Crippen molar-refractivity contribution in [1.29, 1.82) is 0 Å². The highest BCUT2D eigenvalue weighted by Gasteiger charge is 2.24. The zero-order valence-electron chi connectivity index (χ0n) is 29.1. The van der Waals surface area contributed by atoms with E-state index in [1.807, 2.05) is 12.1 Å². The number of hydrogen-bond donors (Lipinski definition) is 4. The van der Waals surface area contributed by atoms with Gasteiger partial charge in [0, 0.05) is 53.0 Å². The zero-order valence-corrected chi connectivity index (χ0v) is 29.1. The van der Waals surface area contributed by atoms with E-state index in [1.54, 1.807) is 96.3 Å². The summed E-state index contributed by atoms with van der Waals surface area (Å²) in [7, 11) is 0. The lowest BCUT2D eigenvalue weighted by Crippen LogP contribution is -2.44. The number of ether oxygens (including phenoxy) is 2. The van der Waals surface area contributed by atoms with Crippen LogP contribution in [0.25, 0.3) is 22.2 Å². The first-order chi connectivity index (χ1) is 24.0. The number of hydrazine groups is 1. The number of carboxylic acid groups (broad SMARTS) is 1. The highest BCUT2D eigenvalue weighted by molar-refractivity contribution is 6.07. The number of fused-ring (bicyclic) bond motifs is 1. The Labute approximate surface area is 295 Å². The maximum atomic E-state index is 13.1. The van der Waals surface area contributed by atoms with Crippen molar-refractivity contribution < 1.29 is 38.6 Å². The summed E-state index contributed by atoms with van der Waals surface area (Å²) in [5, 5.41) is 12.5. The summed E-state index contributed by atoms with van der Waals surface area (Å²) in [5.74, 6) is 2.82. The van der Waals surface area contributed by atoms with Gasteiger partial charge in [0.25, 0.3) is 5.91 Å². The first kappa shape index (κ1) is 37.5. The topological polar surface area (TPSA) is 186 Å². The Bertz CT molecular complexity index is 2000. The summed E-state index contributed by atoms with van der Waals surface area (Å²) in [5.41, 5.74) is 6.83. The Balaban J connectivity index is 1.42. The predicted molar refractivity (Wildman–Crippen MR) is 189 cm³/mol. The number of Topliss-reactive ketones (excluding diaryl/α,β-unsaturated/α-hetero) is 1. The number of carboxylic acids is 1. The highest BCUT2D eigenvalue weighted by atomic mass is 16.6. The second-order valence-electron chi connectivity index (χ2n) is 13.5. The number of nitrogens with zero attached hydrogens (tertiary/aromatic N) is 2. The van der Waals surface area contributed by atoms with Gasteiger partial charge in [0.05, 0.1) is 22.7 Å². The quantitative estimate of drug-likeness (QED) is 0.102. The lowest BCUT2D eigenvalue weighted by molar-refractivity contribution is -0.141. The molecule has 2 aromatic carbocycles. The molecular weight excluding hydrogens is 654 g/mol. The Morgan fingerprint density at radius 3 is 1.98 bits per heavy atom. The molecule has 0 aliphatic heterocycles. The van der Waals surface area contributed by atoms with Crippen LogP contribution in [0.2, 0.25) is 0 Å².